The summed E-state index contributed by atoms with van der Waals surface area (Å²) in [4.78, 5) is 26.4. The fourth-order valence-electron chi connectivity index (χ4n) is 3.96. The fraction of sp³-hybridized carbons (Fsp3) is 0.280. The van der Waals surface area contributed by atoms with E-state index in [-0.39, 0.29) is 23.5 Å². The van der Waals surface area contributed by atoms with E-state index in [1.54, 1.807) is 30.3 Å². The number of carbonyl (C=O) groups is 2. The molecule has 2 amide bonds. The standard InChI is InChI=1S/C25H26FN5O3/c1-16(32)27-20-7-9-23(34-2)22(15-20)28-25(33)18-11-13-31(14-12-18)24-10-8-21(29-30-24)17-3-5-19(26)6-4-17/h3-10,15,18H,11-14H2,1-2H3,(H,27,32)(H,28,33). The van der Waals surface area contributed by atoms with E-state index in [1.165, 1.54) is 26.2 Å². The van der Waals surface area contributed by atoms with Crippen LogP contribution in [0.5, 0.6) is 5.75 Å². The van der Waals surface area contributed by atoms with Gasteiger partial charge >= 0.3 is 0 Å². The monoisotopic (exact) mass is 463 g/mol. The Hall–Kier alpha value is -4.01. The van der Waals surface area contributed by atoms with Crippen LogP contribution in [0.1, 0.15) is 19.8 Å². The minimum atomic E-state index is -0.292. The maximum absolute atomic E-state index is 13.1. The number of aromatic nitrogens is 2. The summed E-state index contributed by atoms with van der Waals surface area (Å²) in [6, 6.07) is 15.0. The largest absolute Gasteiger partial charge is 0.495 e. The fourth-order valence-corrected chi connectivity index (χ4v) is 3.96. The Morgan fingerprint density at radius 1 is 1.00 bits per heavy atom. The summed E-state index contributed by atoms with van der Waals surface area (Å²) in [7, 11) is 1.53. The van der Waals surface area contributed by atoms with E-state index in [2.05, 4.69) is 25.7 Å². The van der Waals surface area contributed by atoms with Gasteiger partial charge in [-0.3, -0.25) is 9.59 Å². The van der Waals surface area contributed by atoms with Crippen LogP contribution >= 0.6 is 0 Å². The van der Waals surface area contributed by atoms with Gasteiger partial charge in [0.15, 0.2) is 5.82 Å². The van der Waals surface area contributed by atoms with Crippen LogP contribution in [0, 0.1) is 11.7 Å². The van der Waals surface area contributed by atoms with Gasteiger partial charge in [-0.25, -0.2) is 4.39 Å². The Bertz CT molecular complexity index is 1160. The quantitative estimate of drug-likeness (QED) is 0.571. The lowest BCUT2D eigenvalue weighted by Crippen LogP contribution is -2.38. The third-order valence-electron chi connectivity index (χ3n) is 5.76. The molecule has 0 radical (unpaired) electrons. The Kier molecular flexibility index (Phi) is 7.01. The van der Waals surface area contributed by atoms with Gasteiger partial charge in [0.1, 0.15) is 11.6 Å². The molecule has 1 aliphatic heterocycles. The number of ether oxygens (including phenoxy) is 1. The third kappa shape index (κ3) is 5.48. The van der Waals surface area contributed by atoms with Crippen molar-refractivity contribution in [2.75, 3.05) is 35.7 Å². The minimum absolute atomic E-state index is 0.0873. The third-order valence-corrected chi connectivity index (χ3v) is 5.76. The van der Waals surface area contributed by atoms with Gasteiger partial charge in [0.05, 0.1) is 18.5 Å². The molecule has 0 spiro atoms. The molecule has 0 bridgehead atoms. The zero-order valence-electron chi connectivity index (χ0n) is 19.0. The number of anilines is 3. The molecule has 176 valence electrons. The van der Waals surface area contributed by atoms with Gasteiger partial charge in [-0.05, 0) is 67.4 Å². The summed E-state index contributed by atoms with van der Waals surface area (Å²) >= 11 is 0. The highest BCUT2D eigenvalue weighted by atomic mass is 19.1. The number of nitrogens with one attached hydrogen (secondary N) is 2. The minimum Gasteiger partial charge on any atom is -0.495 e. The van der Waals surface area contributed by atoms with Crippen LogP contribution in [0.4, 0.5) is 21.6 Å². The van der Waals surface area contributed by atoms with Crippen molar-refractivity contribution in [1.82, 2.24) is 10.2 Å². The maximum atomic E-state index is 13.1. The summed E-state index contributed by atoms with van der Waals surface area (Å²) in [5, 5.41) is 14.2. The van der Waals surface area contributed by atoms with Crippen molar-refractivity contribution in [3.05, 3.63) is 60.4 Å². The van der Waals surface area contributed by atoms with Crippen LogP contribution in [-0.4, -0.2) is 42.2 Å². The van der Waals surface area contributed by atoms with Crippen LogP contribution in [0.15, 0.2) is 54.6 Å². The molecule has 8 nitrogen and oxygen atoms in total. The lowest BCUT2D eigenvalue weighted by molar-refractivity contribution is -0.120. The predicted molar refractivity (Wildman–Crippen MR) is 128 cm³/mol. The summed E-state index contributed by atoms with van der Waals surface area (Å²) in [5.41, 5.74) is 2.58. The second-order valence-electron chi connectivity index (χ2n) is 8.13. The van der Waals surface area contributed by atoms with E-state index in [0.717, 1.165) is 11.4 Å². The molecule has 34 heavy (non-hydrogen) atoms. The van der Waals surface area contributed by atoms with Gasteiger partial charge in [0.25, 0.3) is 0 Å². The number of amides is 2. The molecule has 9 heteroatoms. The molecule has 1 aliphatic rings. The molecule has 2 N–H and O–H groups in total. The highest BCUT2D eigenvalue weighted by molar-refractivity contribution is 5.96. The van der Waals surface area contributed by atoms with Crippen molar-refractivity contribution in [3.8, 4) is 17.0 Å². The molecule has 0 unspecified atom stereocenters. The summed E-state index contributed by atoms with van der Waals surface area (Å²) in [6.07, 6.45) is 1.34. The Morgan fingerprint density at radius 3 is 2.35 bits per heavy atom. The van der Waals surface area contributed by atoms with E-state index in [4.69, 9.17) is 4.74 Å². The first-order chi connectivity index (χ1) is 16.4. The van der Waals surface area contributed by atoms with E-state index < -0.39 is 0 Å². The average molecular weight is 464 g/mol. The van der Waals surface area contributed by atoms with E-state index in [1.807, 2.05) is 12.1 Å². The second kappa shape index (κ2) is 10.3. The Labute approximate surface area is 197 Å². The van der Waals surface area contributed by atoms with E-state index in [0.29, 0.717) is 48.7 Å². The Balaban J connectivity index is 1.36. The first-order valence-corrected chi connectivity index (χ1v) is 11.0. The molecule has 3 aromatic rings. The average Bonchev–Trinajstić information content (AvgIpc) is 2.84. The molecular formula is C25H26FN5O3. The van der Waals surface area contributed by atoms with Crippen LogP contribution in [0.2, 0.25) is 0 Å². The molecule has 2 heterocycles. The van der Waals surface area contributed by atoms with Gasteiger partial charge in [-0.1, -0.05) is 0 Å². The summed E-state index contributed by atoms with van der Waals surface area (Å²) in [6.45, 7) is 2.77. The smallest absolute Gasteiger partial charge is 0.227 e. The number of halogens is 1. The highest BCUT2D eigenvalue weighted by Crippen LogP contribution is 2.30. The number of hydrogen-bond donors (Lipinski definition) is 2. The van der Waals surface area contributed by atoms with Crippen molar-refractivity contribution in [2.45, 2.75) is 19.8 Å². The number of piperidine rings is 1. The van der Waals surface area contributed by atoms with E-state index >= 15 is 0 Å². The predicted octanol–water partition coefficient (Wildman–Crippen LogP) is 4.10. The molecule has 1 aromatic heterocycles. The van der Waals surface area contributed by atoms with Crippen LogP contribution in [0.3, 0.4) is 0 Å². The zero-order valence-corrected chi connectivity index (χ0v) is 19.0. The number of rotatable bonds is 6. The first kappa shape index (κ1) is 23.2. The second-order valence-corrected chi connectivity index (χ2v) is 8.13. The first-order valence-electron chi connectivity index (χ1n) is 11.0. The number of nitrogens with zero attached hydrogens (tertiary/aromatic N) is 3. The number of carbonyl (C=O) groups excluding carboxylic acids is 2. The topological polar surface area (TPSA) is 96.5 Å². The molecule has 2 aromatic carbocycles. The molecule has 4 rings (SSSR count). The molecule has 0 aliphatic carbocycles. The van der Waals surface area contributed by atoms with Crippen LogP contribution in [0.25, 0.3) is 11.3 Å². The SMILES string of the molecule is COc1ccc(NC(C)=O)cc1NC(=O)C1CCN(c2ccc(-c3ccc(F)cc3)nn2)CC1. The van der Waals surface area contributed by atoms with Gasteiger partial charge in [-0.15, -0.1) is 10.2 Å². The van der Waals surface area contributed by atoms with Crippen molar-refractivity contribution >= 4 is 29.0 Å². The van der Waals surface area contributed by atoms with Crippen LogP contribution < -0.4 is 20.3 Å². The molecular weight excluding hydrogens is 437 g/mol. The van der Waals surface area contributed by atoms with Gasteiger partial charge in [-0.2, -0.15) is 0 Å². The zero-order chi connectivity index (χ0) is 24.1. The molecule has 0 atom stereocenters. The molecule has 1 saturated heterocycles. The summed E-state index contributed by atoms with van der Waals surface area (Å²) < 4.78 is 18.5. The van der Waals surface area contributed by atoms with E-state index in [9.17, 15) is 14.0 Å². The van der Waals surface area contributed by atoms with Crippen LogP contribution in [-0.2, 0) is 9.59 Å². The number of hydrogen-bond acceptors (Lipinski definition) is 6. The number of benzene rings is 2. The maximum Gasteiger partial charge on any atom is 0.227 e. The van der Waals surface area contributed by atoms with Crippen molar-refractivity contribution in [3.63, 3.8) is 0 Å². The van der Waals surface area contributed by atoms with Crippen molar-refractivity contribution in [1.29, 1.82) is 0 Å². The lowest BCUT2D eigenvalue weighted by atomic mass is 9.95. The Morgan fingerprint density at radius 2 is 1.74 bits per heavy atom. The number of methoxy groups -OCH3 is 1. The highest BCUT2D eigenvalue weighted by Gasteiger charge is 2.26. The molecule has 0 saturated carbocycles. The van der Waals surface area contributed by atoms with Gasteiger partial charge in [0, 0.05) is 37.2 Å². The summed E-state index contributed by atoms with van der Waals surface area (Å²) in [5.74, 6) is 0.543. The van der Waals surface area contributed by atoms with Crippen molar-refractivity contribution < 1.29 is 18.7 Å². The van der Waals surface area contributed by atoms with Gasteiger partial charge in [0.2, 0.25) is 11.8 Å². The normalized spacial score (nSPS) is 13.9. The van der Waals surface area contributed by atoms with Gasteiger partial charge < -0.3 is 20.3 Å². The van der Waals surface area contributed by atoms with Crippen molar-refractivity contribution in [2.24, 2.45) is 5.92 Å². The lowest BCUT2D eigenvalue weighted by Gasteiger charge is -2.32. The molecule has 1 fully saturated rings.